The fourth-order valence-electron chi connectivity index (χ4n) is 10.2. The molecule has 1 unspecified atom stereocenters. The third-order valence-corrected chi connectivity index (χ3v) is 15.6. The van der Waals surface area contributed by atoms with Crippen LogP contribution in [0.4, 0.5) is 0 Å². The van der Waals surface area contributed by atoms with Crippen molar-refractivity contribution in [1.29, 1.82) is 0 Å². The number of hydrogen-bond acceptors (Lipinski definition) is 6. The summed E-state index contributed by atoms with van der Waals surface area (Å²) in [5.41, 5.74) is 0. The Balaban J connectivity index is 4.14. The zero-order valence-corrected chi connectivity index (χ0v) is 54.9. The van der Waals surface area contributed by atoms with Gasteiger partial charge in [0.15, 0.2) is 6.10 Å². The van der Waals surface area contributed by atoms with E-state index in [0.717, 1.165) is 89.9 Å². The Labute approximate surface area is 515 Å². The third-order valence-electron chi connectivity index (χ3n) is 15.6. The summed E-state index contributed by atoms with van der Waals surface area (Å²) in [6, 6.07) is 0. The van der Waals surface area contributed by atoms with Gasteiger partial charge in [-0.2, -0.15) is 0 Å². The highest BCUT2D eigenvalue weighted by atomic mass is 16.6. The minimum atomic E-state index is -0.821. The molecule has 0 N–H and O–H groups in total. The molecule has 0 rings (SSSR count). The topological polar surface area (TPSA) is 78.9 Å². The van der Waals surface area contributed by atoms with Gasteiger partial charge < -0.3 is 14.2 Å². The summed E-state index contributed by atoms with van der Waals surface area (Å²) in [4.78, 5) is 38.3. The molecule has 0 aliphatic heterocycles. The number of rotatable bonds is 65. The molecule has 0 bridgehead atoms. The Morgan fingerprint density at radius 1 is 0.253 bits per heavy atom. The van der Waals surface area contributed by atoms with Crippen molar-refractivity contribution in [3.05, 3.63) is 97.2 Å². The minimum absolute atomic E-state index is 0.108. The number of carbonyl (C=O) groups excluding carboxylic acids is 3. The third kappa shape index (κ3) is 69.0. The molecule has 0 aliphatic rings. The summed E-state index contributed by atoms with van der Waals surface area (Å²) in [6.45, 7) is 6.45. The second-order valence-corrected chi connectivity index (χ2v) is 23.8. The summed E-state index contributed by atoms with van der Waals surface area (Å²) in [6.07, 6.45) is 96.3. The van der Waals surface area contributed by atoms with E-state index in [0.29, 0.717) is 19.3 Å². The van der Waals surface area contributed by atoms with E-state index in [1.807, 2.05) is 6.08 Å². The molecule has 6 nitrogen and oxygen atoms in total. The highest BCUT2D eigenvalue weighted by Gasteiger charge is 2.19. The molecule has 0 fully saturated rings. The van der Waals surface area contributed by atoms with Gasteiger partial charge in [0, 0.05) is 19.3 Å². The number of ether oxygens (including phenoxy) is 3. The van der Waals surface area contributed by atoms with Crippen LogP contribution in [-0.4, -0.2) is 37.2 Å². The van der Waals surface area contributed by atoms with Gasteiger partial charge in [-0.15, -0.1) is 0 Å². The predicted octanol–water partition coefficient (Wildman–Crippen LogP) is 24.8. The minimum Gasteiger partial charge on any atom is -0.462 e. The Bertz CT molecular complexity index is 1610. The zero-order valence-electron chi connectivity index (χ0n) is 54.9. The first-order chi connectivity index (χ1) is 41.0. The van der Waals surface area contributed by atoms with Crippen LogP contribution in [0.25, 0.3) is 0 Å². The lowest BCUT2D eigenvalue weighted by atomic mass is 10.0. The highest BCUT2D eigenvalue weighted by Crippen LogP contribution is 2.18. The summed E-state index contributed by atoms with van der Waals surface area (Å²) < 4.78 is 16.8. The van der Waals surface area contributed by atoms with Crippen LogP contribution in [-0.2, 0) is 28.6 Å². The van der Waals surface area contributed by atoms with E-state index in [4.69, 9.17) is 14.2 Å². The Hall–Kier alpha value is -3.67. The molecule has 478 valence electrons. The highest BCUT2D eigenvalue weighted by molar-refractivity contribution is 5.71. The van der Waals surface area contributed by atoms with Crippen LogP contribution in [0.2, 0.25) is 0 Å². The van der Waals surface area contributed by atoms with Crippen molar-refractivity contribution >= 4 is 17.9 Å². The monoisotopic (exact) mass is 1160 g/mol. The molecule has 0 heterocycles. The SMILES string of the molecule is CC/C=C\C/C=C\C/C=C\C/C=C\C/C=C\C/C=C\CCC(=O)OC(COC(=O)CCCCCCC/C=C\CCCC)COC(=O)CCCCCCCCCCCCCCCCCCCCCCCCC/C=C\CCCCCCCCCC. The van der Waals surface area contributed by atoms with E-state index < -0.39 is 12.1 Å². The van der Waals surface area contributed by atoms with Gasteiger partial charge in [0.1, 0.15) is 13.2 Å². The lowest BCUT2D eigenvalue weighted by Crippen LogP contribution is -2.30. The van der Waals surface area contributed by atoms with Crippen molar-refractivity contribution in [3.8, 4) is 0 Å². The van der Waals surface area contributed by atoms with Crippen LogP contribution < -0.4 is 0 Å². The fourth-order valence-corrected chi connectivity index (χ4v) is 10.2. The van der Waals surface area contributed by atoms with E-state index in [-0.39, 0.29) is 31.6 Å². The summed E-state index contributed by atoms with van der Waals surface area (Å²) in [5, 5.41) is 0. The molecule has 0 amide bonds. The summed E-state index contributed by atoms with van der Waals surface area (Å²) >= 11 is 0. The lowest BCUT2D eigenvalue weighted by Gasteiger charge is -2.18. The maximum absolute atomic E-state index is 12.9. The van der Waals surface area contributed by atoms with Crippen molar-refractivity contribution in [2.24, 2.45) is 0 Å². The molecule has 6 heteroatoms. The first-order valence-electron chi connectivity index (χ1n) is 35.7. The Kier molecular flexibility index (Phi) is 67.7. The van der Waals surface area contributed by atoms with Crippen LogP contribution in [0.3, 0.4) is 0 Å². The van der Waals surface area contributed by atoms with Gasteiger partial charge in [-0.25, -0.2) is 0 Å². The van der Waals surface area contributed by atoms with Crippen LogP contribution in [0.5, 0.6) is 0 Å². The maximum Gasteiger partial charge on any atom is 0.306 e. The van der Waals surface area contributed by atoms with Gasteiger partial charge in [-0.05, 0) is 103 Å². The normalized spacial score (nSPS) is 12.7. The number of esters is 3. The molecule has 0 aromatic carbocycles. The fraction of sp³-hybridized carbons (Fsp3) is 0.753. The predicted molar refractivity (Wildman–Crippen MR) is 362 cm³/mol. The number of carbonyl (C=O) groups is 3. The van der Waals surface area contributed by atoms with Gasteiger partial charge in [-0.1, -0.05) is 330 Å². The molecule has 0 aliphatic carbocycles. The van der Waals surface area contributed by atoms with Crippen LogP contribution in [0.1, 0.15) is 355 Å². The smallest absolute Gasteiger partial charge is 0.306 e. The van der Waals surface area contributed by atoms with Crippen LogP contribution >= 0.6 is 0 Å². The lowest BCUT2D eigenvalue weighted by molar-refractivity contribution is -0.166. The molecular formula is C77H134O6. The molecule has 0 saturated heterocycles. The van der Waals surface area contributed by atoms with Crippen molar-refractivity contribution in [1.82, 2.24) is 0 Å². The first-order valence-corrected chi connectivity index (χ1v) is 35.7. The van der Waals surface area contributed by atoms with Gasteiger partial charge in [0.25, 0.3) is 0 Å². The van der Waals surface area contributed by atoms with E-state index >= 15 is 0 Å². The first kappa shape index (κ1) is 79.3. The second kappa shape index (κ2) is 70.8. The molecule has 83 heavy (non-hydrogen) atoms. The molecule has 0 aromatic rings. The molecule has 0 saturated carbocycles. The summed E-state index contributed by atoms with van der Waals surface area (Å²) in [7, 11) is 0. The van der Waals surface area contributed by atoms with Crippen molar-refractivity contribution in [3.63, 3.8) is 0 Å². The number of unbranched alkanes of at least 4 members (excludes halogenated alkanes) is 38. The van der Waals surface area contributed by atoms with Crippen molar-refractivity contribution < 1.29 is 28.6 Å². The average Bonchev–Trinajstić information content (AvgIpc) is 3.48. The molecular weight excluding hydrogens is 1020 g/mol. The molecule has 0 aromatic heterocycles. The van der Waals surface area contributed by atoms with Crippen molar-refractivity contribution in [2.75, 3.05) is 13.2 Å². The quantitative estimate of drug-likeness (QED) is 0.0261. The average molecular weight is 1160 g/mol. The maximum atomic E-state index is 12.9. The molecule has 0 radical (unpaired) electrons. The second-order valence-electron chi connectivity index (χ2n) is 23.8. The number of hydrogen-bond donors (Lipinski definition) is 0. The van der Waals surface area contributed by atoms with E-state index in [1.54, 1.807) is 0 Å². The zero-order chi connectivity index (χ0) is 59.9. The van der Waals surface area contributed by atoms with E-state index in [9.17, 15) is 14.4 Å². The standard InChI is InChI=1S/C77H134O6/c1-4-7-10-13-16-19-22-24-26-28-30-31-32-33-34-35-36-37-38-39-40-41-42-43-44-45-47-48-50-52-55-58-61-64-67-70-76(79)82-73-74(72-81-75(78)69-66-63-60-57-54-21-18-15-12-9-6-3)83-77(80)71-68-65-62-59-56-53-51-49-46-29-27-25-23-20-17-14-11-8-5-2/h8,11,15,17-18,20,25,27-28,30,46,49,53,56,62,65,74H,4-7,9-10,12-14,16,19,21-24,26,29,31-45,47-48,50-52,54-55,57-61,63-64,66-73H2,1-3H3/b11-8-,18-15-,20-17-,27-25-,30-28-,49-46-,56-53-,65-62-. The van der Waals surface area contributed by atoms with Gasteiger partial charge in [-0.3, -0.25) is 14.4 Å². The van der Waals surface area contributed by atoms with Gasteiger partial charge >= 0.3 is 17.9 Å². The van der Waals surface area contributed by atoms with Crippen LogP contribution in [0, 0.1) is 0 Å². The van der Waals surface area contributed by atoms with Crippen molar-refractivity contribution in [2.45, 2.75) is 361 Å². The Morgan fingerprint density at radius 2 is 0.506 bits per heavy atom. The number of allylic oxidation sites excluding steroid dienone is 16. The summed E-state index contributed by atoms with van der Waals surface area (Å²) in [5.74, 6) is -0.992. The largest absolute Gasteiger partial charge is 0.462 e. The van der Waals surface area contributed by atoms with Gasteiger partial charge in [0.2, 0.25) is 0 Å². The van der Waals surface area contributed by atoms with E-state index in [1.165, 1.54) is 218 Å². The van der Waals surface area contributed by atoms with Gasteiger partial charge in [0.05, 0.1) is 0 Å². The molecule has 0 spiro atoms. The molecule has 1 atom stereocenters. The Morgan fingerprint density at radius 3 is 0.819 bits per heavy atom. The van der Waals surface area contributed by atoms with Crippen LogP contribution in [0.15, 0.2) is 97.2 Å². The van der Waals surface area contributed by atoms with E-state index in [2.05, 4.69) is 112 Å².